The molecule has 358 valence electrons. The Balaban J connectivity index is 0.000000459. The second kappa shape index (κ2) is 26.9. The number of benzene rings is 3. The number of Topliss-reactive ketones (excluding diaryl/α,β-unsaturated/α-hetero) is 3. The van der Waals surface area contributed by atoms with Gasteiger partial charge < -0.3 is 58.1 Å². The first-order chi connectivity index (χ1) is 29.6. The summed E-state index contributed by atoms with van der Waals surface area (Å²) >= 11 is 18.4. The van der Waals surface area contributed by atoms with E-state index in [4.69, 9.17) is 66.0 Å². The van der Waals surface area contributed by atoms with Crippen molar-refractivity contribution in [3.05, 3.63) is 111 Å². The number of carbonyl (C=O) groups is 5. The van der Waals surface area contributed by atoms with Crippen molar-refractivity contribution in [1.29, 1.82) is 0 Å². The molecule has 9 atom stereocenters. The number of nitrogens with two attached hydrogens (primary N) is 3. The number of ketones is 3. The molecule has 3 aromatic carbocycles. The Morgan fingerprint density at radius 3 is 1.58 bits per heavy atom. The van der Waals surface area contributed by atoms with Crippen LogP contribution in [0.15, 0.2) is 77.8 Å². The monoisotopic (exact) mass is 1010 g/mol. The van der Waals surface area contributed by atoms with Gasteiger partial charge in [-0.3, -0.25) is 14.4 Å². The molecule has 7 rings (SSSR count). The second-order valence-corrected chi connectivity index (χ2v) is 17.1. The van der Waals surface area contributed by atoms with Crippen molar-refractivity contribution in [3.63, 3.8) is 0 Å². The summed E-state index contributed by atoms with van der Waals surface area (Å²) in [5.74, 6) is -2.54. The SMILES string of the molecule is CC(O)C(=O)O.CC(O)C(=O)OC1CCCC(N)(c2ccccc2Cl)C1=O.CC(O)C1=NC2(c3ccccc3Cl)CCCC(O1)C2=O.NC1(c2ccccc2Cl)CCCC(O)C1=O.O.[K+].[NH2-]. The van der Waals surface area contributed by atoms with Gasteiger partial charge >= 0.3 is 63.3 Å². The fourth-order valence-corrected chi connectivity index (χ4v) is 8.63. The summed E-state index contributed by atoms with van der Waals surface area (Å²) in [5.41, 5.74) is 10.9. The summed E-state index contributed by atoms with van der Waals surface area (Å²) in [6.07, 6.45) is -0.420. The number of aliphatic imine (C=N–C) groups is 1. The standard InChI is InChI=1S/C15H18ClNO4.C15H16ClNO3.C12H14ClNO2.C3H6O3.K.H2N.H2O/c1-9(18)14(20)21-12-7-4-8-15(17,13(12)19)10-5-2-3-6-11(10)16;1-9(18)14-17-15(10-5-2-3-6-11(10)16)8-4-7-12(20-14)13(15)19;13-9-5-2-1-4-8(9)12(14)7-3-6-10(15)11(12)16;1-2(4)3(5)6;;;/h2-3,5-6,9,12,18H,4,7-8,17H2,1H3;2-3,5-6,9,12,18H,4,7-8H2,1H3;1-2,4-5,10,15H,3,6-7,14H2;2,4H,1H3,(H,5,6);;2*1H2/q;;;;+1;-1;. The van der Waals surface area contributed by atoms with Crippen LogP contribution in [0, 0.1) is 0 Å². The maximum absolute atomic E-state index is 12.7. The molecule has 0 amide bonds. The van der Waals surface area contributed by atoms with Crippen molar-refractivity contribution in [2.45, 2.75) is 132 Å². The van der Waals surface area contributed by atoms with E-state index in [1.54, 1.807) is 61.5 Å². The zero-order valence-corrected chi connectivity index (χ0v) is 42.6. The molecule has 0 saturated heterocycles. The average molecular weight is 1010 g/mol. The number of hydrogen-bond acceptors (Lipinski definition) is 14. The smallest absolute Gasteiger partial charge is 0.693 e. The Morgan fingerprint density at radius 1 is 0.712 bits per heavy atom. The van der Waals surface area contributed by atoms with Gasteiger partial charge in [0.05, 0.1) is 0 Å². The van der Waals surface area contributed by atoms with Gasteiger partial charge in [0.1, 0.15) is 35.5 Å². The van der Waals surface area contributed by atoms with Crippen LogP contribution in [0.2, 0.25) is 15.1 Å². The third kappa shape index (κ3) is 14.4. The van der Waals surface area contributed by atoms with Gasteiger partial charge in [-0.05, 0) is 108 Å². The first-order valence-electron chi connectivity index (χ1n) is 20.5. The molecule has 21 heteroatoms. The molecule has 0 aromatic heterocycles. The molecule has 66 heavy (non-hydrogen) atoms. The van der Waals surface area contributed by atoms with E-state index < -0.39 is 65.2 Å². The van der Waals surface area contributed by atoms with E-state index in [-0.39, 0.29) is 86.3 Å². The van der Waals surface area contributed by atoms with Crippen LogP contribution in [0.5, 0.6) is 0 Å². The molecule has 3 saturated carbocycles. The van der Waals surface area contributed by atoms with Crippen LogP contribution >= 0.6 is 34.8 Å². The number of esters is 1. The van der Waals surface area contributed by atoms with Gasteiger partial charge in [0, 0.05) is 20.6 Å². The fraction of sp³-hybridized carbons (Fsp3) is 0.467. The number of carbonyl (C=O) groups excluding carboxylic acids is 4. The number of carboxylic acid groups (broad SMARTS) is 1. The summed E-state index contributed by atoms with van der Waals surface area (Å²) in [7, 11) is 0. The maximum atomic E-state index is 12.7. The number of fused-ring (bicyclic) bond motifs is 2. The van der Waals surface area contributed by atoms with Gasteiger partial charge in [-0.15, -0.1) is 0 Å². The molecule has 2 bridgehead atoms. The van der Waals surface area contributed by atoms with Crippen molar-refractivity contribution in [1.82, 2.24) is 0 Å². The van der Waals surface area contributed by atoms with Gasteiger partial charge in [-0.2, -0.15) is 0 Å². The van der Waals surface area contributed by atoms with Crippen LogP contribution in [-0.4, -0.2) is 103 Å². The number of aliphatic carboxylic acids is 1. The molecule has 9 unspecified atom stereocenters. The van der Waals surface area contributed by atoms with Crippen LogP contribution in [0.4, 0.5) is 0 Å². The average Bonchev–Trinajstić information content (AvgIpc) is 3.23. The van der Waals surface area contributed by atoms with Crippen molar-refractivity contribution < 1.29 is 116 Å². The van der Waals surface area contributed by atoms with Crippen LogP contribution in [0.25, 0.3) is 6.15 Å². The molecular weight excluding hydrogens is 950 g/mol. The van der Waals surface area contributed by atoms with Crippen LogP contribution in [-0.2, 0) is 50.1 Å². The van der Waals surface area contributed by atoms with E-state index in [0.717, 1.165) is 12.8 Å². The Bertz CT molecular complexity index is 2180. The molecule has 4 aliphatic rings. The largest absolute Gasteiger partial charge is 1.00 e. The molecule has 1 aliphatic heterocycles. The Kier molecular flexibility index (Phi) is 24.9. The molecule has 1 heterocycles. The summed E-state index contributed by atoms with van der Waals surface area (Å²) < 4.78 is 10.6. The van der Waals surface area contributed by atoms with Crippen molar-refractivity contribution >= 4 is 70.0 Å². The van der Waals surface area contributed by atoms with Crippen molar-refractivity contribution in [2.75, 3.05) is 0 Å². The summed E-state index contributed by atoms with van der Waals surface area (Å²) in [5, 5.41) is 45.7. The normalized spacial score (nSPS) is 26.5. The van der Waals surface area contributed by atoms with Gasteiger partial charge in [0.2, 0.25) is 11.7 Å². The van der Waals surface area contributed by atoms with E-state index in [2.05, 4.69) is 4.99 Å². The predicted molar refractivity (Wildman–Crippen MR) is 244 cm³/mol. The van der Waals surface area contributed by atoms with E-state index in [0.29, 0.717) is 76.7 Å². The first kappa shape index (κ1) is 61.3. The van der Waals surface area contributed by atoms with Gasteiger partial charge in [0.25, 0.3) is 0 Å². The number of rotatable bonds is 7. The number of hydrogen-bond donors (Lipinski definition) is 7. The maximum Gasteiger partial charge on any atom is 1.00 e. The Morgan fingerprint density at radius 2 is 1.14 bits per heavy atom. The van der Waals surface area contributed by atoms with Crippen molar-refractivity contribution in [3.8, 4) is 0 Å². The topological polar surface area (TPSA) is 334 Å². The number of aliphatic hydroxyl groups excluding tert-OH is 4. The summed E-state index contributed by atoms with van der Waals surface area (Å²) in [4.78, 5) is 62.6. The van der Waals surface area contributed by atoms with E-state index in [1.165, 1.54) is 13.8 Å². The summed E-state index contributed by atoms with van der Waals surface area (Å²) in [6.45, 7) is 4.08. The van der Waals surface area contributed by atoms with Gasteiger partial charge in [0.15, 0.2) is 29.3 Å². The molecule has 13 N–H and O–H groups in total. The minimum atomic E-state index is -1.27. The molecule has 0 radical (unpaired) electrons. The minimum Gasteiger partial charge on any atom is -0.693 e. The molecule has 17 nitrogen and oxygen atoms in total. The predicted octanol–water partition coefficient (Wildman–Crippen LogP) is 1.96. The third-order valence-electron chi connectivity index (χ3n) is 11.2. The Hall–Kier alpha value is -2.73. The van der Waals surface area contributed by atoms with Gasteiger partial charge in [-0.1, -0.05) is 89.4 Å². The zero-order chi connectivity index (χ0) is 46.9. The number of halogens is 3. The number of ether oxygens (including phenoxy) is 2. The van der Waals surface area contributed by atoms with E-state index >= 15 is 0 Å². The minimum absolute atomic E-state index is 0. The van der Waals surface area contributed by atoms with Gasteiger partial charge in [-0.25, -0.2) is 14.6 Å². The summed E-state index contributed by atoms with van der Waals surface area (Å²) in [6, 6.07) is 21.2. The van der Waals surface area contributed by atoms with Crippen LogP contribution in [0.1, 0.15) is 95.2 Å². The molecular formula is C45H58Cl3KN4O13. The number of nitrogens with zero attached hydrogens (tertiary/aromatic N) is 1. The van der Waals surface area contributed by atoms with Crippen LogP contribution in [0.3, 0.4) is 0 Å². The number of carboxylic acids is 1. The van der Waals surface area contributed by atoms with Crippen LogP contribution < -0.4 is 62.9 Å². The molecule has 3 aromatic rings. The van der Waals surface area contributed by atoms with E-state index in [9.17, 15) is 39.3 Å². The number of aliphatic hydroxyl groups is 4. The quantitative estimate of drug-likeness (QED) is 0.132. The van der Waals surface area contributed by atoms with E-state index in [1.807, 2.05) is 18.2 Å². The Labute approximate surface area is 440 Å². The molecule has 0 spiro atoms. The third-order valence-corrected chi connectivity index (χ3v) is 12.2. The first-order valence-corrected chi connectivity index (χ1v) is 21.6. The fourth-order valence-electron chi connectivity index (χ4n) is 7.73. The zero-order valence-electron chi connectivity index (χ0n) is 37.2. The second-order valence-electron chi connectivity index (χ2n) is 15.9. The molecule has 3 aliphatic carbocycles. The molecule has 3 fully saturated rings. The van der Waals surface area contributed by atoms with Crippen molar-refractivity contribution in [2.24, 2.45) is 16.5 Å².